The molecule has 0 atom stereocenters. The summed E-state index contributed by atoms with van der Waals surface area (Å²) in [6.45, 7) is 7.77. The topological polar surface area (TPSA) is 50.7 Å². The Morgan fingerprint density at radius 2 is 1.82 bits per heavy atom. The zero-order valence-corrected chi connectivity index (χ0v) is 20.4. The van der Waals surface area contributed by atoms with Gasteiger partial charge in [0, 0.05) is 31.9 Å². The van der Waals surface area contributed by atoms with Gasteiger partial charge in [0.05, 0.1) is 17.6 Å². The molecule has 0 N–H and O–H groups in total. The van der Waals surface area contributed by atoms with Gasteiger partial charge in [0.1, 0.15) is 0 Å². The van der Waals surface area contributed by atoms with E-state index in [0.717, 1.165) is 25.2 Å². The van der Waals surface area contributed by atoms with Crippen molar-refractivity contribution in [2.24, 2.45) is 0 Å². The van der Waals surface area contributed by atoms with E-state index in [-0.39, 0.29) is 5.56 Å². The van der Waals surface area contributed by atoms with Crippen LogP contribution in [-0.4, -0.2) is 43.8 Å². The summed E-state index contributed by atoms with van der Waals surface area (Å²) in [5, 5.41) is 5.36. The first-order chi connectivity index (χ1) is 16.6. The molecule has 4 aromatic rings. The highest BCUT2D eigenvalue weighted by atomic mass is 32.1. The molecule has 0 radical (unpaired) electrons. The van der Waals surface area contributed by atoms with Gasteiger partial charge >= 0.3 is 0 Å². The monoisotopic (exact) mass is 474 g/mol. The first-order valence-corrected chi connectivity index (χ1v) is 12.2. The average Bonchev–Trinajstić information content (AvgIpc) is 3.18. The summed E-state index contributed by atoms with van der Waals surface area (Å²) < 4.78 is 5.87. The molecule has 1 saturated heterocycles. The van der Waals surface area contributed by atoms with Gasteiger partial charge in [0.25, 0.3) is 5.56 Å². The van der Waals surface area contributed by atoms with Crippen molar-refractivity contribution < 1.29 is 0 Å². The molecule has 176 valence electrons. The zero-order chi connectivity index (χ0) is 23.7. The van der Waals surface area contributed by atoms with Gasteiger partial charge in [-0.2, -0.15) is 0 Å². The largest absolute Gasteiger partial charge is 0.372 e. The highest BCUT2D eigenvalue weighted by Gasteiger charge is 2.16. The van der Waals surface area contributed by atoms with E-state index in [9.17, 15) is 4.79 Å². The van der Waals surface area contributed by atoms with Gasteiger partial charge in [0.15, 0.2) is 0 Å². The maximum Gasteiger partial charge on any atom is 0.263 e. The molecule has 3 heterocycles. The first kappa shape index (κ1) is 22.6. The molecule has 2 aromatic heterocycles. The highest BCUT2D eigenvalue weighted by molar-refractivity contribution is 7.71. The lowest BCUT2D eigenvalue weighted by Gasteiger charge is -2.29. The van der Waals surface area contributed by atoms with Crippen LogP contribution in [0.4, 0.5) is 5.69 Å². The van der Waals surface area contributed by atoms with Crippen LogP contribution < -0.4 is 10.5 Å². The summed E-state index contributed by atoms with van der Waals surface area (Å²) in [5.74, 6) is 0.535. The number of hydrogen-bond acceptors (Lipinski definition) is 5. The summed E-state index contributed by atoms with van der Waals surface area (Å²) >= 11 is 5.80. The number of hydrogen-bond donors (Lipinski definition) is 0. The van der Waals surface area contributed by atoms with Crippen molar-refractivity contribution in [2.75, 3.05) is 25.0 Å². The van der Waals surface area contributed by atoms with E-state index in [4.69, 9.17) is 17.3 Å². The normalized spacial score (nSPS) is 14.4. The van der Waals surface area contributed by atoms with Crippen LogP contribution in [0.25, 0.3) is 16.7 Å². The van der Waals surface area contributed by atoms with E-state index in [1.807, 2.05) is 28.7 Å². The molecule has 7 nitrogen and oxygen atoms in total. The number of fused-ring (bicyclic) bond motifs is 3. The van der Waals surface area contributed by atoms with Crippen molar-refractivity contribution in [3.05, 3.63) is 81.9 Å². The lowest BCUT2D eigenvalue weighted by Crippen LogP contribution is -2.29. The predicted molar refractivity (Wildman–Crippen MR) is 140 cm³/mol. The summed E-state index contributed by atoms with van der Waals surface area (Å²) in [4.78, 5) is 17.7. The summed E-state index contributed by atoms with van der Waals surface area (Å²) in [5.41, 5.74) is 3.24. The predicted octanol–water partition coefficient (Wildman–Crippen LogP) is 4.45. The highest BCUT2D eigenvalue weighted by Crippen LogP contribution is 2.21. The molecule has 34 heavy (non-hydrogen) atoms. The number of para-hydroxylation sites is 1. The molecule has 1 fully saturated rings. The molecule has 0 saturated carbocycles. The third-order valence-electron chi connectivity index (χ3n) is 6.48. The van der Waals surface area contributed by atoms with Gasteiger partial charge in [-0.25, -0.2) is 4.68 Å². The molecule has 0 spiro atoms. The van der Waals surface area contributed by atoms with Gasteiger partial charge in [-0.05, 0) is 68.4 Å². The smallest absolute Gasteiger partial charge is 0.263 e. The molecule has 0 unspecified atom stereocenters. The van der Waals surface area contributed by atoms with Crippen molar-refractivity contribution in [1.29, 1.82) is 0 Å². The third kappa shape index (κ3) is 4.19. The second kappa shape index (κ2) is 9.56. The van der Waals surface area contributed by atoms with Gasteiger partial charge in [0.2, 0.25) is 10.5 Å². The maximum absolute atomic E-state index is 13.1. The van der Waals surface area contributed by atoms with E-state index in [2.05, 4.69) is 47.7 Å². The van der Waals surface area contributed by atoms with E-state index in [1.54, 1.807) is 15.3 Å². The van der Waals surface area contributed by atoms with Crippen LogP contribution in [0, 0.1) is 4.77 Å². The zero-order valence-electron chi connectivity index (χ0n) is 19.6. The minimum Gasteiger partial charge on any atom is -0.372 e. The summed E-state index contributed by atoms with van der Waals surface area (Å²) in [6.07, 6.45) is 5.60. The number of anilines is 1. The minimum atomic E-state index is -0.0858. The molecule has 8 heteroatoms. The Hall–Kier alpha value is -3.23. The fraction of sp³-hybridized carbons (Fsp3) is 0.346. The molecule has 5 rings (SSSR count). The summed E-state index contributed by atoms with van der Waals surface area (Å²) in [6, 6.07) is 16.4. The van der Waals surface area contributed by atoms with Crippen molar-refractivity contribution in [3.63, 3.8) is 0 Å². The van der Waals surface area contributed by atoms with Gasteiger partial charge in [-0.1, -0.05) is 30.3 Å². The standard InChI is InChI=1S/C26H30N6OS/c1-3-15-30-24(33)22-9-5-6-10-23(22)32-25(30)27-31(26(32)34)19-28(2)18-20-11-13-21(14-12-20)29-16-7-4-8-17-29/h3,5-6,9-14H,1,4,7-8,15-19H2,2H3. The summed E-state index contributed by atoms with van der Waals surface area (Å²) in [7, 11) is 2.05. The number of piperidine rings is 1. The van der Waals surface area contributed by atoms with Gasteiger partial charge in [-0.15, -0.1) is 11.7 Å². The van der Waals surface area contributed by atoms with E-state index in [1.165, 1.54) is 30.5 Å². The number of nitrogens with zero attached hydrogens (tertiary/aromatic N) is 6. The first-order valence-electron chi connectivity index (χ1n) is 11.8. The van der Waals surface area contributed by atoms with E-state index < -0.39 is 0 Å². The third-order valence-corrected chi connectivity index (χ3v) is 6.87. The average molecular weight is 475 g/mol. The van der Waals surface area contributed by atoms with Crippen molar-refractivity contribution >= 4 is 34.6 Å². The number of rotatable bonds is 7. The Morgan fingerprint density at radius 3 is 2.56 bits per heavy atom. The fourth-order valence-corrected chi connectivity index (χ4v) is 5.09. The van der Waals surface area contributed by atoms with E-state index in [0.29, 0.717) is 29.1 Å². The van der Waals surface area contributed by atoms with Gasteiger partial charge in [-0.3, -0.25) is 18.7 Å². The second-order valence-electron chi connectivity index (χ2n) is 9.01. The molecule has 0 amide bonds. The molecular formula is C26H30N6OS. The van der Waals surface area contributed by atoms with E-state index >= 15 is 0 Å². The number of allylic oxidation sites excluding steroid dienone is 1. The lowest BCUT2D eigenvalue weighted by atomic mass is 10.1. The van der Waals surface area contributed by atoms with Gasteiger partial charge < -0.3 is 4.90 Å². The van der Waals surface area contributed by atoms with Crippen LogP contribution >= 0.6 is 12.2 Å². The van der Waals surface area contributed by atoms with Crippen LogP contribution in [0.1, 0.15) is 24.8 Å². The molecule has 0 aliphatic carbocycles. The maximum atomic E-state index is 13.1. The Balaban J connectivity index is 1.41. The molecule has 1 aliphatic rings. The second-order valence-corrected chi connectivity index (χ2v) is 9.37. The van der Waals surface area contributed by atoms with Crippen molar-refractivity contribution in [1.82, 2.24) is 23.6 Å². The Labute approximate surface area is 204 Å². The van der Waals surface area contributed by atoms with Crippen molar-refractivity contribution in [2.45, 2.75) is 39.0 Å². The quantitative estimate of drug-likeness (QED) is 0.293. The fourth-order valence-electron chi connectivity index (χ4n) is 4.81. The molecule has 2 aromatic carbocycles. The van der Waals surface area contributed by atoms with Crippen LogP contribution in [-0.2, 0) is 19.8 Å². The Kier molecular flexibility index (Phi) is 6.34. The Bertz CT molecular complexity index is 1440. The lowest BCUT2D eigenvalue weighted by molar-refractivity contribution is 0.244. The van der Waals surface area contributed by atoms with Crippen LogP contribution in [0.2, 0.25) is 0 Å². The molecule has 0 bridgehead atoms. The SMILES string of the molecule is C=CCn1c(=O)c2ccccc2n2c(=S)n(CN(C)Cc3ccc(N4CCCCC4)cc3)nc12. The van der Waals surface area contributed by atoms with Crippen LogP contribution in [0.15, 0.2) is 66.0 Å². The Morgan fingerprint density at radius 1 is 1.09 bits per heavy atom. The van der Waals surface area contributed by atoms with Crippen LogP contribution in [0.5, 0.6) is 0 Å². The number of benzene rings is 2. The minimum absolute atomic E-state index is 0.0858. The van der Waals surface area contributed by atoms with Crippen LogP contribution in [0.3, 0.4) is 0 Å². The van der Waals surface area contributed by atoms with Crippen molar-refractivity contribution in [3.8, 4) is 0 Å². The number of aromatic nitrogens is 4. The molecular weight excluding hydrogens is 444 g/mol. The molecule has 1 aliphatic heterocycles.